The second kappa shape index (κ2) is 5.81. The van der Waals surface area contributed by atoms with E-state index in [1.54, 1.807) is 0 Å². The highest BCUT2D eigenvalue weighted by Crippen LogP contribution is 2.24. The zero-order valence-corrected chi connectivity index (χ0v) is 12.9. The molecule has 2 N–H and O–H groups in total. The Morgan fingerprint density at radius 2 is 2.00 bits per heavy atom. The van der Waals surface area contributed by atoms with Crippen molar-refractivity contribution in [2.75, 3.05) is 31.9 Å². The van der Waals surface area contributed by atoms with E-state index in [1.807, 2.05) is 0 Å². The number of benzene rings is 1. The minimum Gasteiger partial charge on any atom is -0.398 e. The first-order valence-corrected chi connectivity index (χ1v) is 8.02. The van der Waals surface area contributed by atoms with Crippen LogP contribution in [0, 0.1) is 0 Å². The summed E-state index contributed by atoms with van der Waals surface area (Å²) in [6.45, 7) is 6.09. The van der Waals surface area contributed by atoms with Crippen LogP contribution in [0.4, 0.5) is 5.69 Å². The van der Waals surface area contributed by atoms with Crippen molar-refractivity contribution in [2.24, 2.45) is 0 Å². The van der Waals surface area contributed by atoms with Gasteiger partial charge in [0, 0.05) is 35.8 Å². The van der Waals surface area contributed by atoms with Crippen LogP contribution in [-0.4, -0.2) is 42.0 Å². The van der Waals surface area contributed by atoms with Crippen LogP contribution in [0.1, 0.15) is 24.8 Å². The third-order valence-electron chi connectivity index (χ3n) is 4.37. The predicted molar refractivity (Wildman–Crippen MR) is 83.0 cm³/mol. The Hall–Kier alpha value is -0.580. The molecule has 0 saturated carbocycles. The highest BCUT2D eigenvalue weighted by Gasteiger charge is 2.28. The van der Waals surface area contributed by atoms with Gasteiger partial charge in [0.2, 0.25) is 0 Å². The monoisotopic (exact) mass is 323 g/mol. The molecule has 19 heavy (non-hydrogen) atoms. The topological polar surface area (TPSA) is 32.5 Å². The lowest BCUT2D eigenvalue weighted by Gasteiger charge is -2.23. The van der Waals surface area contributed by atoms with Crippen LogP contribution in [-0.2, 0) is 6.54 Å². The van der Waals surface area contributed by atoms with Crippen LogP contribution in [0.2, 0.25) is 0 Å². The quantitative estimate of drug-likeness (QED) is 0.868. The second-order valence-electron chi connectivity index (χ2n) is 5.78. The molecular weight excluding hydrogens is 302 g/mol. The first-order chi connectivity index (χ1) is 9.22. The van der Waals surface area contributed by atoms with E-state index < -0.39 is 0 Å². The summed E-state index contributed by atoms with van der Waals surface area (Å²) >= 11 is 3.45. The van der Waals surface area contributed by atoms with Crippen molar-refractivity contribution < 1.29 is 0 Å². The Labute approximate surface area is 123 Å². The standard InChI is InChI=1S/C15H22BrN3/c16-14-4-3-12(9-15(14)17)10-18-8-5-13(11-18)19-6-1-2-7-19/h3-4,9,13H,1-2,5-8,10-11,17H2. The van der Waals surface area contributed by atoms with Crippen molar-refractivity contribution in [1.29, 1.82) is 0 Å². The molecule has 3 nitrogen and oxygen atoms in total. The second-order valence-corrected chi connectivity index (χ2v) is 6.63. The number of hydrogen-bond donors (Lipinski definition) is 1. The summed E-state index contributed by atoms with van der Waals surface area (Å²) in [6, 6.07) is 7.10. The van der Waals surface area contributed by atoms with Crippen LogP contribution >= 0.6 is 15.9 Å². The van der Waals surface area contributed by atoms with Gasteiger partial charge in [-0.15, -0.1) is 0 Å². The molecule has 2 aliphatic rings. The summed E-state index contributed by atoms with van der Waals surface area (Å²) in [6.07, 6.45) is 4.10. The smallest absolute Gasteiger partial charge is 0.0461 e. The number of hydrogen-bond acceptors (Lipinski definition) is 3. The number of halogens is 1. The number of nitrogens with two attached hydrogens (primary N) is 1. The van der Waals surface area contributed by atoms with Gasteiger partial charge in [0.1, 0.15) is 0 Å². The Balaban J connectivity index is 1.57. The molecule has 1 aromatic rings. The van der Waals surface area contributed by atoms with E-state index in [0.717, 1.165) is 22.7 Å². The minimum atomic E-state index is 0.787. The molecule has 0 spiro atoms. The number of likely N-dealkylation sites (tertiary alicyclic amines) is 2. The molecule has 1 aromatic carbocycles. The van der Waals surface area contributed by atoms with Crippen molar-refractivity contribution in [3.8, 4) is 0 Å². The Kier molecular flexibility index (Phi) is 4.10. The third-order valence-corrected chi connectivity index (χ3v) is 5.09. The van der Waals surface area contributed by atoms with E-state index in [1.165, 1.54) is 51.0 Å². The van der Waals surface area contributed by atoms with Crippen LogP contribution in [0.25, 0.3) is 0 Å². The average molecular weight is 324 g/mol. The summed E-state index contributed by atoms with van der Waals surface area (Å²) in [7, 11) is 0. The lowest BCUT2D eigenvalue weighted by molar-refractivity contribution is 0.230. The predicted octanol–water partition coefficient (Wildman–Crippen LogP) is 2.70. The fourth-order valence-corrected chi connectivity index (χ4v) is 3.56. The summed E-state index contributed by atoms with van der Waals surface area (Å²) < 4.78 is 0.993. The molecule has 1 atom stereocenters. The largest absolute Gasteiger partial charge is 0.398 e. The van der Waals surface area contributed by atoms with E-state index in [0.29, 0.717) is 0 Å². The van der Waals surface area contributed by atoms with Crippen LogP contribution < -0.4 is 5.73 Å². The molecule has 2 aliphatic heterocycles. The minimum absolute atomic E-state index is 0.787. The normalized spacial score (nSPS) is 25.2. The average Bonchev–Trinajstić information content (AvgIpc) is 3.04. The van der Waals surface area contributed by atoms with Gasteiger partial charge in [0.15, 0.2) is 0 Å². The highest BCUT2D eigenvalue weighted by atomic mass is 79.9. The Bertz CT molecular complexity index is 443. The SMILES string of the molecule is Nc1cc(CN2CCC(N3CCCC3)C2)ccc1Br. The molecule has 1 unspecified atom stereocenters. The first-order valence-electron chi connectivity index (χ1n) is 7.23. The number of nitrogen functional groups attached to an aromatic ring is 1. The van der Waals surface area contributed by atoms with Crippen molar-refractivity contribution in [3.05, 3.63) is 28.2 Å². The van der Waals surface area contributed by atoms with Crippen LogP contribution in [0.5, 0.6) is 0 Å². The first kappa shape index (κ1) is 13.4. The molecule has 2 saturated heterocycles. The van der Waals surface area contributed by atoms with E-state index in [9.17, 15) is 0 Å². The molecule has 0 bridgehead atoms. The van der Waals surface area contributed by atoms with Crippen molar-refractivity contribution in [3.63, 3.8) is 0 Å². The van der Waals surface area contributed by atoms with Crippen LogP contribution in [0.15, 0.2) is 22.7 Å². The van der Waals surface area contributed by atoms with Crippen molar-refractivity contribution in [2.45, 2.75) is 31.8 Å². The maximum atomic E-state index is 5.95. The summed E-state index contributed by atoms with van der Waals surface area (Å²) in [5, 5.41) is 0. The van der Waals surface area contributed by atoms with Gasteiger partial charge in [-0.3, -0.25) is 9.80 Å². The van der Waals surface area contributed by atoms with Gasteiger partial charge >= 0.3 is 0 Å². The molecule has 0 amide bonds. The van der Waals surface area contributed by atoms with Crippen molar-refractivity contribution in [1.82, 2.24) is 9.80 Å². The number of anilines is 1. The molecule has 4 heteroatoms. The van der Waals surface area contributed by atoms with Gasteiger partial charge in [0.25, 0.3) is 0 Å². The van der Waals surface area contributed by atoms with Crippen LogP contribution in [0.3, 0.4) is 0 Å². The van der Waals surface area contributed by atoms with Gasteiger partial charge in [-0.05, 0) is 66.0 Å². The summed E-state index contributed by atoms with van der Waals surface area (Å²) in [4.78, 5) is 5.24. The highest BCUT2D eigenvalue weighted by molar-refractivity contribution is 9.10. The van der Waals surface area contributed by atoms with Gasteiger partial charge in [0.05, 0.1) is 0 Å². The third kappa shape index (κ3) is 3.12. The maximum absolute atomic E-state index is 5.95. The lowest BCUT2D eigenvalue weighted by Crippen LogP contribution is -2.35. The zero-order chi connectivity index (χ0) is 13.2. The molecule has 3 rings (SSSR count). The molecule has 2 heterocycles. The fourth-order valence-electron chi connectivity index (χ4n) is 3.31. The number of nitrogens with zero attached hydrogens (tertiary/aromatic N) is 2. The van der Waals surface area contributed by atoms with E-state index in [-0.39, 0.29) is 0 Å². The molecule has 2 fully saturated rings. The molecule has 0 aromatic heterocycles. The Morgan fingerprint density at radius 1 is 1.21 bits per heavy atom. The molecule has 0 radical (unpaired) electrons. The van der Waals surface area contributed by atoms with Gasteiger partial charge in [-0.2, -0.15) is 0 Å². The number of rotatable bonds is 3. The van der Waals surface area contributed by atoms with E-state index in [2.05, 4.69) is 43.9 Å². The molecule has 104 valence electrons. The molecular formula is C15H22BrN3. The van der Waals surface area contributed by atoms with E-state index in [4.69, 9.17) is 5.73 Å². The van der Waals surface area contributed by atoms with Gasteiger partial charge in [-0.1, -0.05) is 6.07 Å². The van der Waals surface area contributed by atoms with Crippen molar-refractivity contribution >= 4 is 21.6 Å². The maximum Gasteiger partial charge on any atom is 0.0461 e. The Morgan fingerprint density at radius 3 is 2.74 bits per heavy atom. The molecule has 0 aliphatic carbocycles. The summed E-state index contributed by atoms with van der Waals surface area (Å²) in [5.41, 5.74) is 8.11. The van der Waals surface area contributed by atoms with Gasteiger partial charge < -0.3 is 5.73 Å². The summed E-state index contributed by atoms with van der Waals surface area (Å²) in [5.74, 6) is 0. The lowest BCUT2D eigenvalue weighted by atomic mass is 10.2. The zero-order valence-electron chi connectivity index (χ0n) is 11.3. The van der Waals surface area contributed by atoms with Gasteiger partial charge in [-0.25, -0.2) is 0 Å². The fraction of sp³-hybridized carbons (Fsp3) is 0.600. The van der Waals surface area contributed by atoms with E-state index >= 15 is 0 Å².